The van der Waals surface area contributed by atoms with Crippen LogP contribution in [0.15, 0.2) is 0 Å². The Morgan fingerprint density at radius 2 is 1.57 bits per heavy atom. The minimum Gasteiger partial charge on any atom is -0.379 e. The number of likely N-dealkylation sites (N-methyl/N-ethyl adjacent to an activating group) is 1. The van der Waals surface area contributed by atoms with Crippen molar-refractivity contribution in [3.05, 3.63) is 0 Å². The third-order valence-electron chi connectivity index (χ3n) is 4.25. The first kappa shape index (κ1) is 20.4. The average molecular weight is 330 g/mol. The van der Waals surface area contributed by atoms with Crippen molar-refractivity contribution >= 4 is 5.91 Å². The Bertz CT molecular complexity index is 294. The molecule has 1 rings (SSSR count). The second-order valence-corrected chi connectivity index (χ2v) is 5.92. The van der Waals surface area contributed by atoms with Gasteiger partial charge in [0, 0.05) is 19.6 Å². The Hall–Kier alpha value is -0.690. The number of amides is 1. The van der Waals surface area contributed by atoms with Gasteiger partial charge in [0.2, 0.25) is 5.91 Å². The van der Waals surface area contributed by atoms with E-state index in [0.29, 0.717) is 46.1 Å². The van der Waals surface area contributed by atoms with Gasteiger partial charge < -0.3 is 24.4 Å². The molecule has 1 amide bonds. The summed E-state index contributed by atoms with van der Waals surface area (Å²) in [6.07, 6.45) is 4.00. The SMILES string of the molecule is CCC1CCN(C(=O)CCOCCOCCOCCNC)CC1. The molecule has 1 saturated heterocycles. The summed E-state index contributed by atoms with van der Waals surface area (Å²) in [4.78, 5) is 14.0. The van der Waals surface area contributed by atoms with E-state index in [0.717, 1.165) is 38.4 Å². The lowest BCUT2D eigenvalue weighted by Crippen LogP contribution is -2.38. The van der Waals surface area contributed by atoms with E-state index < -0.39 is 0 Å². The molecule has 23 heavy (non-hydrogen) atoms. The molecule has 0 aliphatic carbocycles. The van der Waals surface area contributed by atoms with Gasteiger partial charge in [0.25, 0.3) is 0 Å². The van der Waals surface area contributed by atoms with Crippen molar-refractivity contribution in [2.75, 3.05) is 66.3 Å². The van der Waals surface area contributed by atoms with E-state index in [2.05, 4.69) is 12.2 Å². The smallest absolute Gasteiger partial charge is 0.224 e. The first-order valence-electron chi connectivity index (χ1n) is 8.93. The third-order valence-corrected chi connectivity index (χ3v) is 4.25. The molecule has 1 N–H and O–H groups in total. The molecular weight excluding hydrogens is 296 g/mol. The minimum atomic E-state index is 0.221. The molecule has 0 aromatic rings. The molecule has 0 bridgehead atoms. The Morgan fingerprint density at radius 3 is 2.13 bits per heavy atom. The van der Waals surface area contributed by atoms with Crippen LogP contribution in [0.4, 0.5) is 0 Å². The number of rotatable bonds is 13. The fourth-order valence-corrected chi connectivity index (χ4v) is 2.62. The second-order valence-electron chi connectivity index (χ2n) is 5.92. The van der Waals surface area contributed by atoms with E-state index in [4.69, 9.17) is 14.2 Å². The van der Waals surface area contributed by atoms with Crippen molar-refractivity contribution in [3.63, 3.8) is 0 Å². The molecule has 0 aromatic carbocycles. The molecule has 0 aromatic heterocycles. The number of likely N-dealkylation sites (tertiary alicyclic amines) is 1. The van der Waals surface area contributed by atoms with Crippen molar-refractivity contribution < 1.29 is 19.0 Å². The molecule has 1 heterocycles. The van der Waals surface area contributed by atoms with Crippen LogP contribution in [0.25, 0.3) is 0 Å². The zero-order chi connectivity index (χ0) is 16.8. The summed E-state index contributed by atoms with van der Waals surface area (Å²) < 4.78 is 16.2. The largest absolute Gasteiger partial charge is 0.379 e. The molecule has 1 fully saturated rings. The highest BCUT2D eigenvalue weighted by Crippen LogP contribution is 2.20. The molecule has 0 radical (unpaired) electrons. The van der Waals surface area contributed by atoms with Crippen LogP contribution in [0.5, 0.6) is 0 Å². The van der Waals surface area contributed by atoms with Crippen LogP contribution >= 0.6 is 0 Å². The van der Waals surface area contributed by atoms with Crippen molar-refractivity contribution in [1.82, 2.24) is 10.2 Å². The predicted molar refractivity (Wildman–Crippen MR) is 90.6 cm³/mol. The van der Waals surface area contributed by atoms with Crippen LogP contribution in [0.2, 0.25) is 0 Å². The second kappa shape index (κ2) is 13.7. The number of carbonyl (C=O) groups excluding carboxylic acids is 1. The maximum Gasteiger partial charge on any atom is 0.224 e. The van der Waals surface area contributed by atoms with E-state index >= 15 is 0 Å². The van der Waals surface area contributed by atoms with Crippen LogP contribution in [0, 0.1) is 5.92 Å². The Balaban J connectivity index is 1.86. The van der Waals surface area contributed by atoms with Gasteiger partial charge in [0.15, 0.2) is 0 Å². The molecule has 6 heteroatoms. The van der Waals surface area contributed by atoms with Crippen LogP contribution in [-0.2, 0) is 19.0 Å². The van der Waals surface area contributed by atoms with E-state index in [1.165, 1.54) is 6.42 Å². The molecular formula is C17H34N2O4. The third kappa shape index (κ3) is 9.91. The summed E-state index contributed by atoms with van der Waals surface area (Å²) in [7, 11) is 1.90. The van der Waals surface area contributed by atoms with E-state index in [-0.39, 0.29) is 5.91 Å². The van der Waals surface area contributed by atoms with E-state index in [1.807, 2.05) is 11.9 Å². The number of carbonyl (C=O) groups is 1. The number of ether oxygens (including phenoxy) is 3. The van der Waals surface area contributed by atoms with Gasteiger partial charge in [-0.25, -0.2) is 0 Å². The Morgan fingerprint density at radius 1 is 1.00 bits per heavy atom. The highest BCUT2D eigenvalue weighted by Gasteiger charge is 2.21. The van der Waals surface area contributed by atoms with Gasteiger partial charge in [0.05, 0.1) is 46.1 Å². The summed E-state index contributed by atoms with van der Waals surface area (Å²) in [5.74, 6) is 1.02. The molecule has 0 unspecified atom stereocenters. The van der Waals surface area contributed by atoms with Gasteiger partial charge in [0.1, 0.15) is 0 Å². The van der Waals surface area contributed by atoms with E-state index in [1.54, 1.807) is 0 Å². The van der Waals surface area contributed by atoms with Crippen molar-refractivity contribution in [3.8, 4) is 0 Å². The number of hydrogen-bond donors (Lipinski definition) is 1. The fourth-order valence-electron chi connectivity index (χ4n) is 2.62. The summed E-state index contributed by atoms with van der Waals surface area (Å²) in [6.45, 7) is 8.35. The van der Waals surface area contributed by atoms with Crippen LogP contribution in [-0.4, -0.2) is 77.1 Å². The number of nitrogens with one attached hydrogen (secondary N) is 1. The molecule has 6 nitrogen and oxygen atoms in total. The summed E-state index contributed by atoms with van der Waals surface area (Å²) in [6, 6.07) is 0. The highest BCUT2D eigenvalue weighted by atomic mass is 16.5. The lowest BCUT2D eigenvalue weighted by molar-refractivity contribution is -0.133. The lowest BCUT2D eigenvalue weighted by Gasteiger charge is -2.31. The normalized spacial score (nSPS) is 16.0. The first-order valence-corrected chi connectivity index (χ1v) is 8.93. The van der Waals surface area contributed by atoms with Gasteiger partial charge in [-0.1, -0.05) is 13.3 Å². The highest BCUT2D eigenvalue weighted by molar-refractivity contribution is 5.76. The average Bonchev–Trinajstić information content (AvgIpc) is 2.59. The van der Waals surface area contributed by atoms with Gasteiger partial charge in [-0.05, 0) is 25.8 Å². The zero-order valence-corrected chi connectivity index (χ0v) is 14.8. The van der Waals surface area contributed by atoms with Crippen molar-refractivity contribution in [2.45, 2.75) is 32.6 Å². The molecule has 0 spiro atoms. The quantitative estimate of drug-likeness (QED) is 0.516. The Kier molecular flexibility index (Phi) is 12.1. The summed E-state index contributed by atoms with van der Waals surface area (Å²) in [5.41, 5.74) is 0. The van der Waals surface area contributed by atoms with E-state index in [9.17, 15) is 4.79 Å². The van der Waals surface area contributed by atoms with Gasteiger partial charge in [-0.3, -0.25) is 4.79 Å². The van der Waals surface area contributed by atoms with Crippen LogP contribution in [0.1, 0.15) is 32.6 Å². The number of hydrogen-bond acceptors (Lipinski definition) is 5. The predicted octanol–water partition coefficient (Wildman–Crippen LogP) is 1.29. The van der Waals surface area contributed by atoms with Crippen molar-refractivity contribution in [1.29, 1.82) is 0 Å². The minimum absolute atomic E-state index is 0.221. The molecule has 1 aliphatic rings. The van der Waals surface area contributed by atoms with Crippen molar-refractivity contribution in [2.24, 2.45) is 5.92 Å². The molecule has 0 atom stereocenters. The first-order chi connectivity index (χ1) is 11.3. The standard InChI is InChI=1S/C17H34N2O4/c1-3-16-4-8-19(9-5-16)17(20)6-10-21-12-14-23-15-13-22-11-7-18-2/h16,18H,3-15H2,1-2H3. The maximum absolute atomic E-state index is 12.0. The number of nitrogens with zero attached hydrogens (tertiary/aromatic N) is 1. The van der Waals surface area contributed by atoms with Gasteiger partial charge >= 0.3 is 0 Å². The van der Waals surface area contributed by atoms with Gasteiger partial charge in [-0.15, -0.1) is 0 Å². The maximum atomic E-state index is 12.0. The van der Waals surface area contributed by atoms with Gasteiger partial charge in [-0.2, -0.15) is 0 Å². The molecule has 136 valence electrons. The Labute approximate surface area is 140 Å². The topological polar surface area (TPSA) is 60.0 Å². The number of piperidine rings is 1. The molecule has 0 saturated carbocycles. The summed E-state index contributed by atoms with van der Waals surface area (Å²) in [5, 5.41) is 3.01. The van der Waals surface area contributed by atoms with Crippen LogP contribution < -0.4 is 5.32 Å². The zero-order valence-electron chi connectivity index (χ0n) is 14.8. The monoisotopic (exact) mass is 330 g/mol. The lowest BCUT2D eigenvalue weighted by atomic mass is 9.94. The summed E-state index contributed by atoms with van der Waals surface area (Å²) >= 11 is 0. The fraction of sp³-hybridized carbons (Fsp3) is 0.941. The van der Waals surface area contributed by atoms with Crippen LogP contribution in [0.3, 0.4) is 0 Å². The molecule has 1 aliphatic heterocycles.